The van der Waals surface area contributed by atoms with Gasteiger partial charge in [-0.05, 0) is 30.2 Å². The molecular formula is C19H19NO4. The van der Waals surface area contributed by atoms with Crippen LogP contribution in [-0.4, -0.2) is 40.1 Å². The van der Waals surface area contributed by atoms with Crippen molar-refractivity contribution in [2.24, 2.45) is 5.92 Å². The van der Waals surface area contributed by atoms with Crippen molar-refractivity contribution in [1.82, 2.24) is 4.90 Å². The summed E-state index contributed by atoms with van der Waals surface area (Å²) in [4.78, 5) is 25.8. The molecule has 1 fully saturated rings. The van der Waals surface area contributed by atoms with Gasteiger partial charge in [-0.3, -0.25) is 9.59 Å². The standard InChI is InChI=1S/C19H19NO4/c1-12-7-8-14(17(21)9-12)18(22)20-10-15(16(11-20)19(23)24)13-5-3-2-4-6-13/h2-9,15-16,21H,10-11H2,1H3,(H,23,24). The number of carbonyl (C=O) groups is 2. The predicted molar refractivity (Wildman–Crippen MR) is 89.1 cm³/mol. The number of aryl methyl sites for hydroxylation is 1. The normalized spacial score (nSPS) is 20.1. The molecule has 2 aromatic carbocycles. The lowest BCUT2D eigenvalue weighted by atomic mass is 9.89. The van der Waals surface area contributed by atoms with Gasteiger partial charge in [0.1, 0.15) is 5.75 Å². The molecule has 2 aromatic rings. The van der Waals surface area contributed by atoms with E-state index in [0.717, 1.165) is 11.1 Å². The molecule has 0 radical (unpaired) electrons. The summed E-state index contributed by atoms with van der Waals surface area (Å²) < 4.78 is 0. The maximum Gasteiger partial charge on any atom is 0.308 e. The van der Waals surface area contributed by atoms with E-state index in [1.807, 2.05) is 37.3 Å². The van der Waals surface area contributed by atoms with Gasteiger partial charge in [-0.2, -0.15) is 0 Å². The summed E-state index contributed by atoms with van der Waals surface area (Å²) in [5.74, 6) is -2.22. The fourth-order valence-corrected chi connectivity index (χ4v) is 3.25. The number of carboxylic acids is 1. The number of hydrogen-bond acceptors (Lipinski definition) is 3. The van der Waals surface area contributed by atoms with Crippen molar-refractivity contribution in [2.75, 3.05) is 13.1 Å². The van der Waals surface area contributed by atoms with Gasteiger partial charge in [0, 0.05) is 19.0 Å². The molecule has 0 spiro atoms. The number of amides is 1. The van der Waals surface area contributed by atoms with Crippen LogP contribution in [0.4, 0.5) is 0 Å². The van der Waals surface area contributed by atoms with Gasteiger partial charge < -0.3 is 15.1 Å². The van der Waals surface area contributed by atoms with Gasteiger partial charge in [0.15, 0.2) is 0 Å². The first-order valence-corrected chi connectivity index (χ1v) is 7.84. The van der Waals surface area contributed by atoms with E-state index in [1.54, 1.807) is 12.1 Å². The molecule has 5 heteroatoms. The smallest absolute Gasteiger partial charge is 0.308 e. The molecule has 2 unspecified atom stereocenters. The van der Waals surface area contributed by atoms with Gasteiger partial charge in [-0.15, -0.1) is 0 Å². The number of carbonyl (C=O) groups excluding carboxylic acids is 1. The molecule has 3 rings (SSSR count). The lowest BCUT2D eigenvalue weighted by Gasteiger charge is -2.17. The molecule has 2 N–H and O–H groups in total. The summed E-state index contributed by atoms with van der Waals surface area (Å²) in [5.41, 5.74) is 1.97. The Morgan fingerprint density at radius 3 is 2.42 bits per heavy atom. The summed E-state index contributed by atoms with van der Waals surface area (Å²) in [6.07, 6.45) is 0. The number of hydrogen-bond donors (Lipinski definition) is 2. The molecule has 0 saturated carbocycles. The van der Waals surface area contributed by atoms with Crippen molar-refractivity contribution in [3.63, 3.8) is 0 Å². The molecule has 0 aliphatic carbocycles. The van der Waals surface area contributed by atoms with E-state index in [9.17, 15) is 19.8 Å². The summed E-state index contributed by atoms with van der Waals surface area (Å²) in [5, 5.41) is 19.5. The number of likely N-dealkylation sites (tertiary alicyclic amines) is 1. The molecule has 24 heavy (non-hydrogen) atoms. The zero-order valence-electron chi connectivity index (χ0n) is 13.3. The maximum absolute atomic E-state index is 12.7. The second-order valence-corrected chi connectivity index (χ2v) is 6.19. The first-order valence-electron chi connectivity index (χ1n) is 7.84. The number of rotatable bonds is 3. The Morgan fingerprint density at radius 2 is 1.79 bits per heavy atom. The maximum atomic E-state index is 12.7. The van der Waals surface area contributed by atoms with Crippen LogP contribution in [0.15, 0.2) is 48.5 Å². The van der Waals surface area contributed by atoms with Crippen LogP contribution in [0.25, 0.3) is 0 Å². The zero-order chi connectivity index (χ0) is 17.3. The quantitative estimate of drug-likeness (QED) is 0.909. The molecule has 1 amide bonds. The Hall–Kier alpha value is -2.82. The fourth-order valence-electron chi connectivity index (χ4n) is 3.25. The summed E-state index contributed by atoms with van der Waals surface area (Å²) >= 11 is 0. The zero-order valence-corrected chi connectivity index (χ0v) is 13.3. The van der Waals surface area contributed by atoms with E-state index in [4.69, 9.17) is 0 Å². The number of phenols is 1. The minimum atomic E-state index is -0.910. The third-order valence-electron chi connectivity index (χ3n) is 4.54. The highest BCUT2D eigenvalue weighted by Crippen LogP contribution is 2.34. The summed E-state index contributed by atoms with van der Waals surface area (Å²) in [6, 6.07) is 14.3. The minimum Gasteiger partial charge on any atom is -0.507 e. The van der Waals surface area contributed by atoms with Crippen LogP contribution < -0.4 is 0 Å². The Bertz CT molecular complexity index is 772. The van der Waals surface area contributed by atoms with E-state index in [2.05, 4.69) is 0 Å². The second-order valence-electron chi connectivity index (χ2n) is 6.19. The van der Waals surface area contributed by atoms with Gasteiger partial charge in [0.05, 0.1) is 11.5 Å². The summed E-state index contributed by atoms with van der Waals surface area (Å²) in [6.45, 7) is 2.30. The third-order valence-corrected chi connectivity index (χ3v) is 4.54. The van der Waals surface area contributed by atoms with Crippen molar-refractivity contribution in [3.05, 3.63) is 65.2 Å². The highest BCUT2D eigenvalue weighted by atomic mass is 16.4. The van der Waals surface area contributed by atoms with E-state index < -0.39 is 11.9 Å². The van der Waals surface area contributed by atoms with Crippen LogP contribution in [0.1, 0.15) is 27.4 Å². The second kappa shape index (κ2) is 6.35. The van der Waals surface area contributed by atoms with Crippen LogP contribution in [0.5, 0.6) is 5.75 Å². The average molecular weight is 325 g/mol. The van der Waals surface area contributed by atoms with Crippen LogP contribution >= 0.6 is 0 Å². The Kier molecular flexibility index (Phi) is 4.25. The average Bonchev–Trinajstić information content (AvgIpc) is 3.01. The van der Waals surface area contributed by atoms with E-state index >= 15 is 0 Å². The molecule has 0 aromatic heterocycles. The van der Waals surface area contributed by atoms with Crippen molar-refractivity contribution in [3.8, 4) is 5.75 Å². The fraction of sp³-hybridized carbons (Fsp3) is 0.263. The number of aliphatic carboxylic acids is 1. The molecule has 1 saturated heterocycles. The first kappa shape index (κ1) is 16.1. The number of aromatic hydroxyl groups is 1. The molecule has 5 nitrogen and oxygen atoms in total. The molecule has 1 aliphatic rings. The van der Waals surface area contributed by atoms with Crippen molar-refractivity contribution < 1.29 is 19.8 Å². The van der Waals surface area contributed by atoms with Crippen molar-refractivity contribution >= 4 is 11.9 Å². The van der Waals surface area contributed by atoms with E-state index in [0.29, 0.717) is 6.54 Å². The van der Waals surface area contributed by atoms with Gasteiger partial charge in [-0.1, -0.05) is 36.4 Å². The van der Waals surface area contributed by atoms with Crippen molar-refractivity contribution in [1.29, 1.82) is 0 Å². The molecule has 2 atom stereocenters. The minimum absolute atomic E-state index is 0.0740. The van der Waals surface area contributed by atoms with Gasteiger partial charge in [-0.25, -0.2) is 0 Å². The molecule has 1 aliphatic heterocycles. The highest BCUT2D eigenvalue weighted by Gasteiger charge is 2.40. The van der Waals surface area contributed by atoms with Crippen LogP contribution in [-0.2, 0) is 4.79 Å². The lowest BCUT2D eigenvalue weighted by Crippen LogP contribution is -2.30. The van der Waals surface area contributed by atoms with E-state index in [1.165, 1.54) is 11.0 Å². The Balaban J connectivity index is 1.87. The molecule has 124 valence electrons. The van der Waals surface area contributed by atoms with Gasteiger partial charge in [0.2, 0.25) is 0 Å². The van der Waals surface area contributed by atoms with Crippen LogP contribution in [0.3, 0.4) is 0 Å². The molecule has 1 heterocycles. The number of phenolic OH excluding ortho intramolecular Hbond substituents is 1. The van der Waals surface area contributed by atoms with Gasteiger partial charge >= 0.3 is 5.97 Å². The third kappa shape index (κ3) is 2.97. The van der Waals surface area contributed by atoms with Crippen molar-refractivity contribution in [2.45, 2.75) is 12.8 Å². The van der Waals surface area contributed by atoms with Crippen LogP contribution in [0.2, 0.25) is 0 Å². The number of nitrogens with zero attached hydrogens (tertiary/aromatic N) is 1. The predicted octanol–water partition coefficient (Wildman–Crippen LogP) is 2.64. The SMILES string of the molecule is Cc1ccc(C(=O)N2CC(C(=O)O)C(c3ccccc3)C2)c(O)c1. The monoisotopic (exact) mass is 325 g/mol. The first-order chi connectivity index (χ1) is 11.5. The summed E-state index contributed by atoms with van der Waals surface area (Å²) in [7, 11) is 0. The van der Waals surface area contributed by atoms with Gasteiger partial charge in [0.25, 0.3) is 5.91 Å². The largest absolute Gasteiger partial charge is 0.507 e. The topological polar surface area (TPSA) is 77.8 Å². The highest BCUT2D eigenvalue weighted by molar-refractivity contribution is 5.97. The Labute approximate surface area is 140 Å². The van der Waals surface area contributed by atoms with E-state index in [-0.39, 0.29) is 29.7 Å². The molecule has 0 bridgehead atoms. The lowest BCUT2D eigenvalue weighted by molar-refractivity contribution is -0.141. The molecular weight excluding hydrogens is 306 g/mol. The Morgan fingerprint density at radius 1 is 1.08 bits per heavy atom. The van der Waals surface area contributed by atoms with Crippen LogP contribution in [0, 0.1) is 12.8 Å². The number of benzene rings is 2. The number of carboxylic acid groups (broad SMARTS) is 1.